The molecule has 1 saturated carbocycles. The average Bonchev–Trinajstić information content (AvgIpc) is 3.65. The summed E-state index contributed by atoms with van der Waals surface area (Å²) in [6, 6.07) is 10.5. The summed E-state index contributed by atoms with van der Waals surface area (Å²) in [5, 5.41) is 5.89. The van der Waals surface area contributed by atoms with Crippen molar-refractivity contribution < 1.29 is 14.3 Å². The number of aromatic nitrogens is 3. The Kier molecular flexibility index (Phi) is 7.02. The Balaban J connectivity index is 1.55. The highest BCUT2D eigenvalue weighted by Crippen LogP contribution is 2.39. The van der Waals surface area contributed by atoms with Gasteiger partial charge in [-0.2, -0.15) is 0 Å². The summed E-state index contributed by atoms with van der Waals surface area (Å²) in [4.78, 5) is 34.2. The lowest BCUT2D eigenvalue weighted by Gasteiger charge is -2.21. The smallest absolute Gasteiger partial charge is 0.411 e. The lowest BCUT2D eigenvalue weighted by Crippen LogP contribution is -2.32. The third kappa shape index (κ3) is 5.48. The molecule has 2 N–H and O–H groups in total. The van der Waals surface area contributed by atoms with Gasteiger partial charge in [-0.3, -0.25) is 10.1 Å². The SMILES string of the molecule is COc1nc(C)c(Nc2nc(Cl)cn([C@@H](COC(=O)Nc3ccccc3)C3CC3)c2=O)cc1C. The standard InChI is InChI=1S/C24H26ClN5O4/c1-14-11-18(15(2)26-22(14)33-3)28-21-23(31)30(12-20(25)29-21)19(16-9-10-16)13-34-24(32)27-17-7-5-4-6-8-17/h4-8,11-12,16,19H,9-10,13H2,1-3H3,(H,27,32)(H,28,29)/t19-/m0/s1. The number of hydrogen-bond acceptors (Lipinski definition) is 7. The minimum absolute atomic E-state index is 0.0330. The molecule has 0 aliphatic heterocycles. The molecular weight excluding hydrogens is 458 g/mol. The van der Waals surface area contributed by atoms with E-state index in [1.54, 1.807) is 26.2 Å². The molecule has 1 aliphatic rings. The van der Waals surface area contributed by atoms with E-state index in [-0.39, 0.29) is 35.1 Å². The van der Waals surface area contributed by atoms with Gasteiger partial charge in [-0.25, -0.2) is 14.8 Å². The van der Waals surface area contributed by atoms with Crippen LogP contribution in [0.2, 0.25) is 5.15 Å². The van der Waals surface area contributed by atoms with E-state index < -0.39 is 6.09 Å². The fraction of sp³-hybridized carbons (Fsp3) is 0.333. The molecule has 2 aromatic heterocycles. The highest BCUT2D eigenvalue weighted by molar-refractivity contribution is 6.29. The van der Waals surface area contributed by atoms with Gasteiger partial charge in [0.15, 0.2) is 5.82 Å². The molecule has 1 amide bonds. The number of amides is 1. The van der Waals surface area contributed by atoms with E-state index >= 15 is 0 Å². The molecule has 1 aliphatic carbocycles. The van der Waals surface area contributed by atoms with Crippen LogP contribution in [0, 0.1) is 19.8 Å². The molecule has 3 aromatic rings. The van der Waals surface area contributed by atoms with Gasteiger partial charge < -0.3 is 19.4 Å². The summed E-state index contributed by atoms with van der Waals surface area (Å²) in [7, 11) is 1.55. The van der Waals surface area contributed by atoms with Crippen LogP contribution in [0.5, 0.6) is 5.88 Å². The first kappa shape index (κ1) is 23.6. The number of rotatable bonds is 8. The van der Waals surface area contributed by atoms with Crippen molar-refractivity contribution in [1.29, 1.82) is 0 Å². The minimum atomic E-state index is -0.584. The number of nitrogens with one attached hydrogen (secondary N) is 2. The molecular formula is C24H26ClN5O4. The second-order valence-corrected chi connectivity index (χ2v) is 8.58. The number of halogens is 1. The zero-order chi connectivity index (χ0) is 24.2. The molecule has 1 aromatic carbocycles. The second-order valence-electron chi connectivity index (χ2n) is 8.19. The predicted molar refractivity (Wildman–Crippen MR) is 130 cm³/mol. The number of carbonyl (C=O) groups is 1. The maximum atomic E-state index is 13.3. The molecule has 0 unspecified atom stereocenters. The Hall–Kier alpha value is -3.59. The van der Waals surface area contributed by atoms with Crippen molar-refractivity contribution in [3.05, 3.63) is 69.4 Å². The molecule has 4 rings (SSSR count). The lowest BCUT2D eigenvalue weighted by molar-refractivity contribution is 0.135. The lowest BCUT2D eigenvalue weighted by atomic mass is 10.2. The number of hydrogen-bond donors (Lipinski definition) is 2. The number of methoxy groups -OCH3 is 1. The monoisotopic (exact) mass is 483 g/mol. The first-order chi connectivity index (χ1) is 16.4. The number of aryl methyl sites for hydroxylation is 2. The van der Waals surface area contributed by atoms with Gasteiger partial charge in [-0.05, 0) is 50.8 Å². The van der Waals surface area contributed by atoms with Crippen molar-refractivity contribution in [2.45, 2.75) is 32.7 Å². The molecule has 0 saturated heterocycles. The zero-order valence-electron chi connectivity index (χ0n) is 19.2. The molecule has 10 heteroatoms. The summed E-state index contributed by atoms with van der Waals surface area (Å²) in [5.74, 6) is 0.792. The summed E-state index contributed by atoms with van der Waals surface area (Å²) in [6.07, 6.45) is 2.77. The number of benzene rings is 1. The zero-order valence-corrected chi connectivity index (χ0v) is 19.9. The molecule has 2 heterocycles. The average molecular weight is 484 g/mol. The van der Waals surface area contributed by atoms with Gasteiger partial charge in [0.05, 0.1) is 24.5 Å². The molecule has 178 valence electrons. The van der Waals surface area contributed by atoms with Gasteiger partial charge >= 0.3 is 6.09 Å². The van der Waals surface area contributed by atoms with Crippen molar-refractivity contribution >= 4 is 34.9 Å². The van der Waals surface area contributed by atoms with Gasteiger partial charge in [0.2, 0.25) is 5.88 Å². The third-order valence-corrected chi connectivity index (χ3v) is 5.82. The number of ether oxygens (including phenoxy) is 2. The molecule has 0 bridgehead atoms. The molecule has 0 spiro atoms. The summed E-state index contributed by atoms with van der Waals surface area (Å²) in [6.45, 7) is 3.70. The Morgan fingerprint density at radius 1 is 1.24 bits per heavy atom. The van der Waals surface area contributed by atoms with Crippen molar-refractivity contribution in [2.24, 2.45) is 5.92 Å². The fourth-order valence-corrected chi connectivity index (χ4v) is 3.90. The Morgan fingerprint density at radius 3 is 2.65 bits per heavy atom. The number of anilines is 3. The maximum absolute atomic E-state index is 13.3. The molecule has 9 nitrogen and oxygen atoms in total. The van der Waals surface area contributed by atoms with Crippen LogP contribution in [0.1, 0.15) is 30.1 Å². The van der Waals surface area contributed by atoms with E-state index in [1.807, 2.05) is 31.2 Å². The Labute approximate surface area is 202 Å². The molecule has 34 heavy (non-hydrogen) atoms. The van der Waals surface area contributed by atoms with Crippen LogP contribution >= 0.6 is 11.6 Å². The van der Waals surface area contributed by atoms with Crippen molar-refractivity contribution in [3.63, 3.8) is 0 Å². The first-order valence-electron chi connectivity index (χ1n) is 10.9. The van der Waals surface area contributed by atoms with Gasteiger partial charge in [0.25, 0.3) is 5.56 Å². The van der Waals surface area contributed by atoms with E-state index in [0.717, 1.165) is 18.4 Å². The summed E-state index contributed by atoms with van der Waals surface area (Å²) < 4.78 is 12.2. The Morgan fingerprint density at radius 2 is 1.97 bits per heavy atom. The highest BCUT2D eigenvalue weighted by atomic mass is 35.5. The van der Waals surface area contributed by atoms with E-state index in [4.69, 9.17) is 21.1 Å². The molecule has 1 fully saturated rings. The van der Waals surface area contributed by atoms with Crippen molar-refractivity contribution in [1.82, 2.24) is 14.5 Å². The van der Waals surface area contributed by atoms with Crippen LogP contribution < -0.4 is 20.9 Å². The minimum Gasteiger partial charge on any atom is -0.481 e. The van der Waals surface area contributed by atoms with Gasteiger partial charge in [0.1, 0.15) is 11.8 Å². The summed E-state index contributed by atoms with van der Waals surface area (Å²) >= 11 is 6.28. The second kappa shape index (κ2) is 10.1. The number of nitrogens with zero attached hydrogens (tertiary/aromatic N) is 3. The third-order valence-electron chi connectivity index (χ3n) is 5.63. The first-order valence-corrected chi connectivity index (χ1v) is 11.3. The molecule has 1 atom stereocenters. The topological polar surface area (TPSA) is 107 Å². The van der Waals surface area contributed by atoms with Crippen LogP contribution in [-0.2, 0) is 4.74 Å². The highest BCUT2D eigenvalue weighted by Gasteiger charge is 2.35. The predicted octanol–water partition coefficient (Wildman–Crippen LogP) is 4.86. The van der Waals surface area contributed by atoms with Crippen LogP contribution in [-0.4, -0.2) is 34.3 Å². The van der Waals surface area contributed by atoms with E-state index in [1.165, 1.54) is 10.8 Å². The van der Waals surface area contributed by atoms with Crippen LogP contribution in [0.3, 0.4) is 0 Å². The summed E-state index contributed by atoms with van der Waals surface area (Å²) in [5.41, 5.74) is 2.35. The molecule has 0 radical (unpaired) electrons. The maximum Gasteiger partial charge on any atom is 0.411 e. The van der Waals surface area contributed by atoms with Gasteiger partial charge in [-0.1, -0.05) is 29.8 Å². The van der Waals surface area contributed by atoms with Crippen LogP contribution in [0.4, 0.5) is 22.0 Å². The quantitative estimate of drug-likeness (QED) is 0.471. The van der Waals surface area contributed by atoms with Gasteiger partial charge in [0, 0.05) is 17.4 Å². The van der Waals surface area contributed by atoms with Crippen LogP contribution in [0.15, 0.2) is 47.4 Å². The van der Waals surface area contributed by atoms with Crippen LogP contribution in [0.25, 0.3) is 0 Å². The largest absolute Gasteiger partial charge is 0.481 e. The number of para-hydroxylation sites is 1. The van der Waals surface area contributed by atoms with Crippen molar-refractivity contribution in [3.8, 4) is 5.88 Å². The van der Waals surface area contributed by atoms with E-state index in [9.17, 15) is 9.59 Å². The normalized spacial score (nSPS) is 13.8. The van der Waals surface area contributed by atoms with E-state index in [2.05, 4.69) is 20.6 Å². The Bertz CT molecular complexity index is 1240. The van der Waals surface area contributed by atoms with Gasteiger partial charge in [-0.15, -0.1) is 0 Å². The fourth-order valence-electron chi connectivity index (χ4n) is 3.71. The van der Waals surface area contributed by atoms with Crippen molar-refractivity contribution in [2.75, 3.05) is 24.4 Å². The number of pyridine rings is 1. The number of carbonyl (C=O) groups excluding carboxylic acids is 1. The van der Waals surface area contributed by atoms with E-state index in [0.29, 0.717) is 22.9 Å².